The first-order valence-electron chi connectivity index (χ1n) is 3.19. The van der Waals surface area contributed by atoms with Gasteiger partial charge in [0.1, 0.15) is 11.2 Å². The fourth-order valence-corrected chi connectivity index (χ4v) is 1.53. The molecule has 0 aliphatic heterocycles. The van der Waals surface area contributed by atoms with Crippen molar-refractivity contribution in [2.24, 2.45) is 0 Å². The van der Waals surface area contributed by atoms with Gasteiger partial charge in [0.25, 0.3) is 0 Å². The maximum Gasteiger partial charge on any atom is 0.132 e. The van der Waals surface area contributed by atoms with Crippen LogP contribution in [-0.2, 0) is 5.88 Å². The molecule has 0 N–H and O–H groups in total. The number of furan rings is 2. The molecule has 1 nitrogen and oxygen atoms in total. The Morgan fingerprint density at radius 1 is 1.40 bits per heavy atom. The van der Waals surface area contributed by atoms with Gasteiger partial charge >= 0.3 is 0 Å². The van der Waals surface area contributed by atoms with Gasteiger partial charge in [-0.15, -0.1) is 11.6 Å². The maximum absolute atomic E-state index is 5.69. The first-order valence-corrected chi connectivity index (χ1v) is 3.72. The summed E-state index contributed by atoms with van der Waals surface area (Å²) in [6.45, 7) is 2.03. The average molecular weight is 155 g/mol. The van der Waals surface area contributed by atoms with E-state index in [9.17, 15) is 0 Å². The SMILES string of the molecule is Cc1c(CCl)c2ccc1o2. The van der Waals surface area contributed by atoms with Crippen molar-refractivity contribution >= 4 is 22.8 Å². The molecule has 2 aromatic heterocycles. The van der Waals surface area contributed by atoms with Gasteiger partial charge in [0.2, 0.25) is 0 Å². The Morgan fingerprint density at radius 3 is 2.50 bits per heavy atom. The molecule has 0 aliphatic carbocycles. The quantitative estimate of drug-likeness (QED) is 0.576. The van der Waals surface area contributed by atoms with Crippen LogP contribution >= 0.6 is 11.6 Å². The van der Waals surface area contributed by atoms with Crippen LogP contribution in [-0.4, -0.2) is 0 Å². The van der Waals surface area contributed by atoms with Crippen molar-refractivity contribution in [3.63, 3.8) is 0 Å². The van der Waals surface area contributed by atoms with Gasteiger partial charge in [0, 0.05) is 5.56 Å². The van der Waals surface area contributed by atoms with E-state index in [1.165, 1.54) is 5.56 Å². The second-order valence-electron chi connectivity index (χ2n) is 2.40. The highest BCUT2D eigenvalue weighted by Gasteiger charge is 2.10. The molecule has 0 spiro atoms. The third kappa shape index (κ3) is 0.585. The standard InChI is InChI=1S/C8H7ClO/c1-5-6(4-9)8-3-2-7(5)10-8/h2-3H,4H2,1H3. The number of alkyl halides is 1. The summed E-state index contributed by atoms with van der Waals surface area (Å²) >= 11 is 5.69. The van der Waals surface area contributed by atoms with Crippen LogP contribution in [0.1, 0.15) is 11.1 Å². The lowest BCUT2D eigenvalue weighted by Gasteiger charge is -1.91. The van der Waals surface area contributed by atoms with E-state index >= 15 is 0 Å². The number of hydrogen-bond donors (Lipinski definition) is 0. The molecule has 0 saturated carbocycles. The summed E-state index contributed by atoms with van der Waals surface area (Å²) in [6.07, 6.45) is 0. The second kappa shape index (κ2) is 1.89. The third-order valence-corrected chi connectivity index (χ3v) is 2.13. The Balaban J connectivity index is 2.78. The van der Waals surface area contributed by atoms with Crippen molar-refractivity contribution in [1.82, 2.24) is 0 Å². The average Bonchev–Trinajstić information content (AvgIpc) is 2.46. The Morgan fingerprint density at radius 2 is 2.10 bits per heavy atom. The number of benzene rings is 1. The lowest BCUT2D eigenvalue weighted by Crippen LogP contribution is -1.78. The molecule has 0 fully saturated rings. The molecule has 52 valence electrons. The smallest absolute Gasteiger partial charge is 0.132 e. The molecule has 0 saturated heterocycles. The minimum atomic E-state index is 0.551. The molecule has 10 heavy (non-hydrogen) atoms. The molecule has 2 aromatic rings. The molecule has 2 bridgehead atoms. The third-order valence-electron chi connectivity index (χ3n) is 1.86. The summed E-state index contributed by atoms with van der Waals surface area (Å²) in [5, 5.41) is 0. The molecule has 2 rings (SSSR count). The number of hydrogen-bond acceptors (Lipinski definition) is 1. The van der Waals surface area contributed by atoms with Crippen molar-refractivity contribution in [2.75, 3.05) is 0 Å². The molecule has 0 aliphatic rings. The van der Waals surface area contributed by atoms with Crippen LogP contribution < -0.4 is 0 Å². The van der Waals surface area contributed by atoms with Crippen LogP contribution in [0, 0.1) is 6.92 Å². The Labute approximate surface area is 63.9 Å². The van der Waals surface area contributed by atoms with Gasteiger partial charge < -0.3 is 4.42 Å². The summed E-state index contributed by atoms with van der Waals surface area (Å²) in [6, 6.07) is 3.93. The normalized spacial score (nSPS) is 11.4. The first-order chi connectivity index (χ1) is 4.83. The Hall–Kier alpha value is -0.690. The predicted octanol–water partition coefficient (Wildman–Crippen LogP) is 2.92. The topological polar surface area (TPSA) is 13.1 Å². The lowest BCUT2D eigenvalue weighted by molar-refractivity contribution is 0.672. The van der Waals surface area contributed by atoms with E-state index < -0.39 is 0 Å². The zero-order valence-corrected chi connectivity index (χ0v) is 6.40. The highest BCUT2D eigenvalue weighted by atomic mass is 35.5. The lowest BCUT2D eigenvalue weighted by atomic mass is 10.1. The number of rotatable bonds is 1. The van der Waals surface area contributed by atoms with E-state index in [4.69, 9.17) is 16.0 Å². The molecule has 0 atom stereocenters. The number of fused-ring (bicyclic) bond motifs is 2. The molecule has 2 heterocycles. The molecule has 2 heteroatoms. The molecule has 0 amide bonds. The zero-order valence-electron chi connectivity index (χ0n) is 5.65. The van der Waals surface area contributed by atoms with Gasteiger partial charge in [-0.2, -0.15) is 0 Å². The zero-order chi connectivity index (χ0) is 7.14. The van der Waals surface area contributed by atoms with E-state index in [0.29, 0.717) is 5.88 Å². The summed E-state index contributed by atoms with van der Waals surface area (Å²) < 4.78 is 5.35. The second-order valence-corrected chi connectivity index (χ2v) is 2.67. The van der Waals surface area contributed by atoms with Crippen LogP contribution in [0.4, 0.5) is 0 Å². The van der Waals surface area contributed by atoms with Crippen molar-refractivity contribution in [2.45, 2.75) is 12.8 Å². The van der Waals surface area contributed by atoms with E-state index in [1.54, 1.807) is 0 Å². The molecule has 0 unspecified atom stereocenters. The van der Waals surface area contributed by atoms with Crippen molar-refractivity contribution in [3.8, 4) is 0 Å². The maximum atomic E-state index is 5.69. The van der Waals surface area contributed by atoms with Crippen LogP contribution in [0.5, 0.6) is 0 Å². The van der Waals surface area contributed by atoms with Crippen molar-refractivity contribution < 1.29 is 4.42 Å². The van der Waals surface area contributed by atoms with Crippen molar-refractivity contribution in [3.05, 3.63) is 23.3 Å². The molecular formula is C8H7ClO. The molecule has 0 aromatic carbocycles. The highest BCUT2D eigenvalue weighted by molar-refractivity contribution is 6.17. The van der Waals surface area contributed by atoms with Gasteiger partial charge in [0.15, 0.2) is 0 Å². The Kier molecular flexibility index (Phi) is 1.15. The van der Waals surface area contributed by atoms with Gasteiger partial charge in [-0.05, 0) is 24.6 Å². The van der Waals surface area contributed by atoms with E-state index in [0.717, 1.165) is 16.7 Å². The van der Waals surface area contributed by atoms with E-state index in [1.807, 2.05) is 19.1 Å². The van der Waals surface area contributed by atoms with Crippen LogP contribution in [0.3, 0.4) is 0 Å². The minimum Gasteiger partial charge on any atom is -0.457 e. The fraction of sp³-hybridized carbons (Fsp3) is 0.250. The van der Waals surface area contributed by atoms with Crippen LogP contribution in [0.2, 0.25) is 0 Å². The summed E-state index contributed by atoms with van der Waals surface area (Å²) in [5.41, 5.74) is 4.22. The van der Waals surface area contributed by atoms with E-state index in [2.05, 4.69) is 0 Å². The van der Waals surface area contributed by atoms with Gasteiger partial charge in [0.05, 0.1) is 5.88 Å². The van der Waals surface area contributed by atoms with Crippen LogP contribution in [0.25, 0.3) is 11.2 Å². The Bertz CT molecular complexity index is 337. The van der Waals surface area contributed by atoms with Gasteiger partial charge in [-0.3, -0.25) is 0 Å². The van der Waals surface area contributed by atoms with Crippen LogP contribution in [0.15, 0.2) is 16.5 Å². The van der Waals surface area contributed by atoms with Gasteiger partial charge in [-0.25, -0.2) is 0 Å². The summed E-state index contributed by atoms with van der Waals surface area (Å²) in [4.78, 5) is 0. The van der Waals surface area contributed by atoms with Crippen molar-refractivity contribution in [1.29, 1.82) is 0 Å². The fourth-order valence-electron chi connectivity index (χ4n) is 1.20. The minimum absolute atomic E-state index is 0.551. The monoisotopic (exact) mass is 154 g/mol. The number of halogens is 1. The van der Waals surface area contributed by atoms with E-state index in [-0.39, 0.29) is 0 Å². The molecule has 0 radical (unpaired) electrons. The summed E-state index contributed by atoms with van der Waals surface area (Å²) in [7, 11) is 0. The van der Waals surface area contributed by atoms with Gasteiger partial charge in [-0.1, -0.05) is 0 Å². The first kappa shape index (κ1) is 6.05. The largest absolute Gasteiger partial charge is 0.457 e. The molecular weight excluding hydrogens is 148 g/mol. The highest BCUT2D eigenvalue weighted by Crippen LogP contribution is 2.28. The number of aryl methyl sites for hydroxylation is 1. The summed E-state index contributed by atoms with van der Waals surface area (Å²) in [5.74, 6) is 0.551. The predicted molar refractivity (Wildman–Crippen MR) is 41.7 cm³/mol.